The fourth-order valence-corrected chi connectivity index (χ4v) is 3.27. The van der Waals surface area contributed by atoms with Gasteiger partial charge in [-0.1, -0.05) is 24.3 Å². The molecule has 0 unspecified atom stereocenters. The van der Waals surface area contributed by atoms with Crippen molar-refractivity contribution in [2.75, 3.05) is 5.32 Å². The summed E-state index contributed by atoms with van der Waals surface area (Å²) in [5.74, 6) is -1.19. The molecule has 1 amide bonds. The number of carbonyl (C=O) groups is 3. The third kappa shape index (κ3) is 4.64. The van der Waals surface area contributed by atoms with Crippen LogP contribution in [0.2, 0.25) is 0 Å². The maximum Gasteiger partial charge on any atom is 0.335 e. The summed E-state index contributed by atoms with van der Waals surface area (Å²) in [5, 5.41) is 22.3. The molecule has 0 aliphatic carbocycles. The Morgan fingerprint density at radius 2 is 1.61 bits per heavy atom. The Hall–Kier alpha value is -4.72. The number of hydrogen-bond acceptors (Lipinski definition) is 5. The standard InChI is InChI=1S/C25H19N3O5/c1-15(29)17-5-2-16(3-6-17)4-13-23(30)26-20-10-7-18(8-11-20)24-27-21-12-9-19(25(31)32)14-22(21)28(24)33/h2-14,33H,1H3,(H,26,30)(H,31,32). The van der Waals surface area contributed by atoms with E-state index < -0.39 is 5.97 Å². The van der Waals surface area contributed by atoms with Gasteiger partial charge in [-0.2, -0.15) is 4.73 Å². The smallest absolute Gasteiger partial charge is 0.335 e. The number of fused-ring (bicyclic) bond motifs is 1. The van der Waals surface area contributed by atoms with Crippen molar-refractivity contribution < 1.29 is 24.7 Å². The highest BCUT2D eigenvalue weighted by Gasteiger charge is 2.14. The average Bonchev–Trinajstić information content (AvgIpc) is 3.14. The van der Waals surface area contributed by atoms with Crippen LogP contribution < -0.4 is 5.32 Å². The molecule has 0 bridgehead atoms. The molecular formula is C25H19N3O5. The fourth-order valence-electron chi connectivity index (χ4n) is 3.27. The highest BCUT2D eigenvalue weighted by atomic mass is 16.5. The minimum absolute atomic E-state index is 0.0199. The van der Waals surface area contributed by atoms with Crippen molar-refractivity contribution in [2.45, 2.75) is 6.92 Å². The van der Waals surface area contributed by atoms with Gasteiger partial charge in [0.15, 0.2) is 11.6 Å². The van der Waals surface area contributed by atoms with Crippen molar-refractivity contribution in [1.82, 2.24) is 9.71 Å². The number of benzene rings is 3. The van der Waals surface area contributed by atoms with Gasteiger partial charge in [0.2, 0.25) is 5.91 Å². The molecule has 0 atom stereocenters. The SMILES string of the molecule is CC(=O)c1ccc(C=CC(=O)Nc2ccc(-c3nc4ccc(C(=O)O)cc4n3O)cc2)cc1. The van der Waals surface area contributed by atoms with Gasteiger partial charge in [-0.3, -0.25) is 9.59 Å². The van der Waals surface area contributed by atoms with E-state index in [2.05, 4.69) is 10.3 Å². The van der Waals surface area contributed by atoms with Gasteiger partial charge in [0.1, 0.15) is 5.52 Å². The molecule has 0 aliphatic rings. The Balaban J connectivity index is 1.47. The number of aromatic carboxylic acids is 1. The summed E-state index contributed by atoms with van der Waals surface area (Å²) < 4.78 is 0.843. The Bertz CT molecular complexity index is 1400. The highest BCUT2D eigenvalue weighted by Crippen LogP contribution is 2.25. The molecule has 0 radical (unpaired) electrons. The summed E-state index contributed by atoms with van der Waals surface area (Å²) in [6.45, 7) is 1.50. The zero-order valence-electron chi connectivity index (χ0n) is 17.5. The summed E-state index contributed by atoms with van der Waals surface area (Å²) in [6.07, 6.45) is 3.04. The molecule has 33 heavy (non-hydrogen) atoms. The summed E-state index contributed by atoms with van der Waals surface area (Å²) in [5.41, 5.74) is 3.32. The van der Waals surface area contributed by atoms with Crippen molar-refractivity contribution in [3.63, 3.8) is 0 Å². The molecule has 4 rings (SSSR count). The summed E-state index contributed by atoms with van der Waals surface area (Å²) >= 11 is 0. The largest absolute Gasteiger partial charge is 0.478 e. The first-order valence-corrected chi connectivity index (χ1v) is 9.97. The van der Waals surface area contributed by atoms with Gasteiger partial charge in [0, 0.05) is 22.9 Å². The quantitative estimate of drug-likeness (QED) is 0.230. The molecule has 0 saturated heterocycles. The van der Waals surface area contributed by atoms with Crippen molar-refractivity contribution in [3.8, 4) is 11.4 Å². The molecular weight excluding hydrogens is 422 g/mol. The monoisotopic (exact) mass is 441 g/mol. The number of amides is 1. The predicted molar refractivity (Wildman–Crippen MR) is 123 cm³/mol. The number of anilines is 1. The number of nitrogens with zero attached hydrogens (tertiary/aromatic N) is 2. The van der Waals surface area contributed by atoms with E-state index in [4.69, 9.17) is 5.11 Å². The number of ketones is 1. The van der Waals surface area contributed by atoms with Gasteiger partial charge in [-0.05, 0) is 61.0 Å². The van der Waals surface area contributed by atoms with E-state index in [1.165, 1.54) is 31.2 Å². The second-order valence-electron chi connectivity index (χ2n) is 7.33. The molecule has 1 heterocycles. The predicted octanol–water partition coefficient (Wildman–Crippen LogP) is 4.49. The third-order valence-corrected chi connectivity index (χ3v) is 5.03. The topological polar surface area (TPSA) is 122 Å². The van der Waals surface area contributed by atoms with E-state index in [1.54, 1.807) is 54.6 Å². The lowest BCUT2D eigenvalue weighted by Crippen LogP contribution is -2.07. The van der Waals surface area contributed by atoms with Crippen LogP contribution in [0.25, 0.3) is 28.5 Å². The first-order chi connectivity index (χ1) is 15.8. The molecule has 3 aromatic carbocycles. The van der Waals surface area contributed by atoms with Crippen molar-refractivity contribution in [3.05, 3.63) is 89.5 Å². The fraction of sp³-hybridized carbons (Fsp3) is 0.0400. The second kappa shape index (κ2) is 8.80. The maximum atomic E-state index is 12.2. The molecule has 8 heteroatoms. The number of carboxylic acid groups (broad SMARTS) is 1. The maximum absolute atomic E-state index is 12.2. The van der Waals surface area contributed by atoms with Crippen molar-refractivity contribution >= 4 is 40.5 Å². The normalized spacial score (nSPS) is 11.1. The van der Waals surface area contributed by atoms with Crippen LogP contribution in [-0.2, 0) is 4.79 Å². The number of aromatic nitrogens is 2. The lowest BCUT2D eigenvalue weighted by atomic mass is 10.1. The summed E-state index contributed by atoms with van der Waals surface area (Å²) in [4.78, 5) is 39.1. The minimum Gasteiger partial charge on any atom is -0.478 e. The molecule has 3 N–H and O–H groups in total. The van der Waals surface area contributed by atoms with E-state index in [9.17, 15) is 19.6 Å². The molecule has 164 valence electrons. The second-order valence-corrected chi connectivity index (χ2v) is 7.33. The van der Waals surface area contributed by atoms with Gasteiger partial charge in [-0.25, -0.2) is 9.78 Å². The summed E-state index contributed by atoms with van der Waals surface area (Å²) in [6, 6.07) is 17.9. The van der Waals surface area contributed by atoms with Crippen LogP contribution in [0, 0.1) is 0 Å². The zero-order chi connectivity index (χ0) is 23.5. The van der Waals surface area contributed by atoms with Crippen molar-refractivity contribution in [2.24, 2.45) is 0 Å². The van der Waals surface area contributed by atoms with Crippen LogP contribution in [0.3, 0.4) is 0 Å². The first-order valence-electron chi connectivity index (χ1n) is 9.97. The van der Waals surface area contributed by atoms with Gasteiger partial charge < -0.3 is 15.6 Å². The number of Topliss-reactive ketones (excluding diaryl/α,β-unsaturated/α-hetero) is 1. The molecule has 0 fully saturated rings. The van der Waals surface area contributed by atoms with Gasteiger partial charge in [0.25, 0.3) is 0 Å². The Morgan fingerprint density at radius 3 is 2.24 bits per heavy atom. The van der Waals surface area contributed by atoms with Crippen LogP contribution in [0.4, 0.5) is 5.69 Å². The number of carbonyl (C=O) groups excluding carboxylic acids is 2. The number of hydrogen-bond donors (Lipinski definition) is 3. The number of nitrogens with one attached hydrogen (secondary N) is 1. The first kappa shape index (κ1) is 21.5. The zero-order valence-corrected chi connectivity index (χ0v) is 17.5. The van der Waals surface area contributed by atoms with Gasteiger partial charge in [0.05, 0.1) is 11.1 Å². The lowest BCUT2D eigenvalue weighted by Gasteiger charge is -2.05. The number of carboxylic acids is 1. The number of imidazole rings is 1. The van der Waals surface area contributed by atoms with Gasteiger partial charge >= 0.3 is 5.97 Å². The van der Waals surface area contributed by atoms with Crippen LogP contribution in [-0.4, -0.2) is 37.7 Å². The van der Waals surface area contributed by atoms with E-state index in [0.717, 1.165) is 10.3 Å². The Labute approximate surface area is 188 Å². The number of rotatable bonds is 6. The summed E-state index contributed by atoms with van der Waals surface area (Å²) in [7, 11) is 0. The van der Waals surface area contributed by atoms with E-state index in [0.29, 0.717) is 22.3 Å². The van der Waals surface area contributed by atoms with Crippen molar-refractivity contribution in [1.29, 1.82) is 0 Å². The molecule has 8 nitrogen and oxygen atoms in total. The third-order valence-electron chi connectivity index (χ3n) is 5.03. The van der Waals surface area contributed by atoms with Crippen LogP contribution in [0.15, 0.2) is 72.8 Å². The molecule has 1 aromatic heterocycles. The molecule has 0 saturated carbocycles. The van der Waals surface area contributed by atoms with Crippen LogP contribution >= 0.6 is 0 Å². The Kier molecular flexibility index (Phi) is 5.73. The van der Waals surface area contributed by atoms with Crippen LogP contribution in [0.5, 0.6) is 0 Å². The van der Waals surface area contributed by atoms with Gasteiger partial charge in [-0.15, -0.1) is 0 Å². The Morgan fingerprint density at radius 1 is 0.939 bits per heavy atom. The highest BCUT2D eigenvalue weighted by molar-refractivity contribution is 6.02. The van der Waals surface area contributed by atoms with Crippen LogP contribution in [0.1, 0.15) is 33.2 Å². The molecule has 4 aromatic rings. The van der Waals surface area contributed by atoms with E-state index >= 15 is 0 Å². The van der Waals surface area contributed by atoms with E-state index in [1.807, 2.05) is 0 Å². The molecule has 0 aliphatic heterocycles. The average molecular weight is 441 g/mol. The van der Waals surface area contributed by atoms with E-state index in [-0.39, 0.29) is 28.6 Å². The molecule has 0 spiro atoms. The lowest BCUT2D eigenvalue weighted by molar-refractivity contribution is -0.111. The minimum atomic E-state index is -1.10.